The Morgan fingerprint density at radius 2 is 2.14 bits per heavy atom. The summed E-state index contributed by atoms with van der Waals surface area (Å²) < 4.78 is 5.61. The molecule has 0 saturated carbocycles. The van der Waals surface area contributed by atoms with Gasteiger partial charge < -0.3 is 4.74 Å². The number of ether oxygens (including phenoxy) is 1. The Kier molecular flexibility index (Phi) is 2.56. The molecule has 1 aromatic carbocycles. The monoisotopic (exact) mass is 272 g/mol. The van der Waals surface area contributed by atoms with Crippen molar-refractivity contribution in [3.8, 4) is 5.88 Å². The van der Waals surface area contributed by atoms with Gasteiger partial charge in [0, 0.05) is 0 Å². The van der Waals surface area contributed by atoms with E-state index in [4.69, 9.17) is 16.3 Å². The highest BCUT2D eigenvalue weighted by atomic mass is 79.9. The van der Waals surface area contributed by atoms with Crippen LogP contribution in [0.3, 0.4) is 0 Å². The van der Waals surface area contributed by atoms with Gasteiger partial charge in [0.1, 0.15) is 0 Å². The molecule has 0 atom stereocenters. The predicted molar refractivity (Wildman–Crippen MR) is 58.8 cm³/mol. The van der Waals surface area contributed by atoms with E-state index in [1.807, 2.05) is 12.1 Å². The summed E-state index contributed by atoms with van der Waals surface area (Å²) >= 11 is 9.22. The molecule has 1 aromatic heterocycles. The third-order valence-electron chi connectivity index (χ3n) is 1.81. The lowest BCUT2D eigenvalue weighted by atomic mass is 10.2. The van der Waals surface area contributed by atoms with Gasteiger partial charge in [-0.15, -0.1) is 0 Å². The number of fused-ring (bicyclic) bond motifs is 1. The van der Waals surface area contributed by atoms with Crippen LogP contribution in [-0.4, -0.2) is 17.1 Å². The van der Waals surface area contributed by atoms with Gasteiger partial charge in [0.2, 0.25) is 10.6 Å². The molecule has 14 heavy (non-hydrogen) atoms. The number of halogens is 2. The van der Waals surface area contributed by atoms with E-state index in [0.717, 1.165) is 10.9 Å². The van der Waals surface area contributed by atoms with E-state index < -0.39 is 0 Å². The summed E-state index contributed by atoms with van der Waals surface area (Å²) in [5, 5.41) is 1.33. The molecule has 0 unspecified atom stereocenters. The quantitative estimate of drug-likeness (QED) is 0.749. The van der Waals surface area contributed by atoms with Gasteiger partial charge in [0.05, 0.1) is 23.0 Å². The number of aromatic nitrogens is 2. The molecule has 0 bridgehead atoms. The van der Waals surface area contributed by atoms with Gasteiger partial charge in [-0.25, -0.2) is 4.98 Å². The predicted octanol–water partition coefficient (Wildman–Crippen LogP) is 3.05. The zero-order valence-electron chi connectivity index (χ0n) is 7.29. The molecule has 5 heteroatoms. The fraction of sp³-hybridized carbons (Fsp3) is 0.111. The molecule has 0 N–H and O–H groups in total. The fourth-order valence-corrected chi connectivity index (χ4v) is 1.83. The summed E-state index contributed by atoms with van der Waals surface area (Å²) in [6.07, 6.45) is 0. The van der Waals surface area contributed by atoms with Crippen LogP contribution in [0.25, 0.3) is 10.9 Å². The van der Waals surface area contributed by atoms with Crippen molar-refractivity contribution in [3.63, 3.8) is 0 Å². The summed E-state index contributed by atoms with van der Waals surface area (Å²) in [5.74, 6) is 0.479. The van der Waals surface area contributed by atoms with Gasteiger partial charge in [-0.1, -0.05) is 17.7 Å². The van der Waals surface area contributed by atoms with Gasteiger partial charge in [0.25, 0.3) is 0 Å². The normalized spacial score (nSPS) is 10.5. The van der Waals surface area contributed by atoms with Crippen LogP contribution in [0.1, 0.15) is 0 Å². The Morgan fingerprint density at radius 1 is 1.36 bits per heavy atom. The Hall–Kier alpha value is -0.870. The van der Waals surface area contributed by atoms with Crippen molar-refractivity contribution >= 4 is 38.4 Å². The van der Waals surface area contributed by atoms with Gasteiger partial charge in [-0.2, -0.15) is 4.98 Å². The SMILES string of the molecule is COc1nc(Br)nc2cccc(Cl)c12. The number of hydrogen-bond acceptors (Lipinski definition) is 3. The first-order chi connectivity index (χ1) is 6.72. The summed E-state index contributed by atoms with van der Waals surface area (Å²) in [5.41, 5.74) is 0.760. The van der Waals surface area contributed by atoms with Gasteiger partial charge in [0.15, 0.2) is 0 Å². The van der Waals surface area contributed by atoms with Crippen molar-refractivity contribution in [2.75, 3.05) is 7.11 Å². The standard InChI is InChI=1S/C9H6BrClN2O/c1-14-8-7-5(11)3-2-4-6(7)12-9(10)13-8/h2-4H,1H3. The average Bonchev–Trinajstić information content (AvgIpc) is 2.16. The van der Waals surface area contributed by atoms with Crippen molar-refractivity contribution in [3.05, 3.63) is 28.0 Å². The highest BCUT2D eigenvalue weighted by Gasteiger charge is 2.09. The third-order valence-corrected chi connectivity index (χ3v) is 2.47. The Labute approximate surface area is 94.2 Å². The van der Waals surface area contributed by atoms with Crippen LogP contribution in [0.4, 0.5) is 0 Å². The zero-order chi connectivity index (χ0) is 10.1. The van der Waals surface area contributed by atoms with Crippen LogP contribution in [0, 0.1) is 0 Å². The first-order valence-corrected chi connectivity index (χ1v) is 5.05. The van der Waals surface area contributed by atoms with Crippen LogP contribution >= 0.6 is 27.5 Å². The lowest BCUT2D eigenvalue weighted by Crippen LogP contribution is -1.93. The number of benzene rings is 1. The van der Waals surface area contributed by atoms with E-state index in [1.54, 1.807) is 13.2 Å². The Bertz CT molecular complexity index is 489. The first kappa shape index (κ1) is 9.68. The van der Waals surface area contributed by atoms with E-state index in [2.05, 4.69) is 25.9 Å². The van der Waals surface area contributed by atoms with E-state index in [0.29, 0.717) is 15.6 Å². The highest BCUT2D eigenvalue weighted by Crippen LogP contribution is 2.30. The molecule has 2 aromatic rings. The van der Waals surface area contributed by atoms with E-state index in [1.165, 1.54) is 0 Å². The van der Waals surface area contributed by atoms with E-state index in [9.17, 15) is 0 Å². The van der Waals surface area contributed by atoms with Gasteiger partial charge in [-0.05, 0) is 28.1 Å². The van der Waals surface area contributed by atoms with Gasteiger partial charge >= 0.3 is 0 Å². The minimum atomic E-state index is 0.479. The number of rotatable bonds is 1. The van der Waals surface area contributed by atoms with Crippen LogP contribution in [-0.2, 0) is 0 Å². The smallest absolute Gasteiger partial charge is 0.226 e. The molecule has 0 aliphatic heterocycles. The highest BCUT2D eigenvalue weighted by molar-refractivity contribution is 9.10. The fourth-order valence-electron chi connectivity index (χ4n) is 1.23. The molecule has 2 rings (SSSR count). The second-order valence-corrected chi connectivity index (χ2v) is 3.75. The van der Waals surface area contributed by atoms with Crippen molar-refractivity contribution in [1.29, 1.82) is 0 Å². The summed E-state index contributed by atoms with van der Waals surface area (Å²) in [4.78, 5) is 8.27. The van der Waals surface area contributed by atoms with Crippen molar-refractivity contribution in [2.45, 2.75) is 0 Å². The van der Waals surface area contributed by atoms with Crippen LogP contribution in [0.5, 0.6) is 5.88 Å². The molecule has 0 fully saturated rings. The van der Waals surface area contributed by atoms with Crippen molar-refractivity contribution in [1.82, 2.24) is 9.97 Å². The maximum atomic E-state index is 6.02. The molecule has 0 spiro atoms. The molecule has 0 radical (unpaired) electrons. The lowest BCUT2D eigenvalue weighted by molar-refractivity contribution is 0.401. The maximum absolute atomic E-state index is 6.02. The van der Waals surface area contributed by atoms with Crippen LogP contribution in [0.2, 0.25) is 5.02 Å². The molecule has 0 amide bonds. The van der Waals surface area contributed by atoms with Crippen molar-refractivity contribution < 1.29 is 4.74 Å². The maximum Gasteiger partial charge on any atom is 0.226 e. The molecule has 0 aliphatic carbocycles. The molecule has 0 saturated heterocycles. The van der Waals surface area contributed by atoms with Gasteiger partial charge in [-0.3, -0.25) is 0 Å². The number of methoxy groups -OCH3 is 1. The summed E-state index contributed by atoms with van der Waals surface area (Å²) in [6, 6.07) is 5.48. The van der Waals surface area contributed by atoms with E-state index >= 15 is 0 Å². The van der Waals surface area contributed by atoms with E-state index in [-0.39, 0.29) is 0 Å². The topological polar surface area (TPSA) is 35.0 Å². The molecule has 1 heterocycles. The average molecular weight is 274 g/mol. The first-order valence-electron chi connectivity index (χ1n) is 3.88. The molecular formula is C9H6BrClN2O. The number of hydrogen-bond donors (Lipinski definition) is 0. The second-order valence-electron chi connectivity index (χ2n) is 2.64. The molecular weight excluding hydrogens is 267 g/mol. The second kappa shape index (κ2) is 3.71. The molecule has 0 aliphatic rings. The van der Waals surface area contributed by atoms with Crippen LogP contribution in [0.15, 0.2) is 22.9 Å². The molecule has 3 nitrogen and oxygen atoms in total. The zero-order valence-corrected chi connectivity index (χ0v) is 9.63. The Morgan fingerprint density at radius 3 is 2.86 bits per heavy atom. The van der Waals surface area contributed by atoms with Crippen molar-refractivity contribution in [2.24, 2.45) is 0 Å². The summed E-state index contributed by atoms with van der Waals surface area (Å²) in [7, 11) is 1.55. The largest absolute Gasteiger partial charge is 0.480 e. The van der Waals surface area contributed by atoms with Crippen LogP contribution < -0.4 is 4.74 Å². The molecule has 72 valence electrons. The minimum absolute atomic E-state index is 0.479. The minimum Gasteiger partial charge on any atom is -0.480 e. The Balaban J connectivity index is 2.88. The number of nitrogens with zero attached hydrogens (tertiary/aromatic N) is 2. The lowest BCUT2D eigenvalue weighted by Gasteiger charge is -2.05. The summed E-state index contributed by atoms with van der Waals surface area (Å²) in [6.45, 7) is 0. The third kappa shape index (κ3) is 1.55.